The Morgan fingerprint density at radius 2 is 2.00 bits per heavy atom. The second kappa shape index (κ2) is 7.06. The summed E-state index contributed by atoms with van der Waals surface area (Å²) < 4.78 is 38.9. The van der Waals surface area contributed by atoms with Crippen LogP contribution in [0.4, 0.5) is 24.7 Å². The highest BCUT2D eigenvalue weighted by Gasteiger charge is 2.32. The van der Waals surface area contributed by atoms with E-state index in [0.29, 0.717) is 12.1 Å². The molecule has 1 heterocycles. The molecule has 0 saturated heterocycles. The minimum atomic E-state index is -4.63. The van der Waals surface area contributed by atoms with E-state index in [1.54, 1.807) is 0 Å². The first-order valence-electron chi connectivity index (χ1n) is 6.21. The Morgan fingerprint density at radius 3 is 2.48 bits per heavy atom. The van der Waals surface area contributed by atoms with Crippen LogP contribution in [-0.4, -0.2) is 25.4 Å². The summed E-state index contributed by atoms with van der Waals surface area (Å²) in [7, 11) is 0. The van der Waals surface area contributed by atoms with Crippen molar-refractivity contribution >= 4 is 52.2 Å². The van der Waals surface area contributed by atoms with E-state index in [-0.39, 0.29) is 5.69 Å². The number of aromatic nitrogens is 2. The zero-order valence-corrected chi connectivity index (χ0v) is 14.0. The van der Waals surface area contributed by atoms with Crippen LogP contribution in [0.2, 0.25) is 5.02 Å². The molecule has 0 fully saturated rings. The van der Waals surface area contributed by atoms with E-state index in [2.05, 4.69) is 10.4 Å². The van der Waals surface area contributed by atoms with Gasteiger partial charge in [-0.15, -0.1) is 0 Å². The molecule has 25 heavy (non-hydrogen) atoms. The number of nitrogens with zero attached hydrogens (tertiary/aromatic N) is 3. The lowest BCUT2D eigenvalue weighted by molar-refractivity contribution is -0.384. The average Bonchev–Trinajstić information content (AvgIpc) is 2.89. The number of rotatable bonds is 4. The van der Waals surface area contributed by atoms with Gasteiger partial charge in [0.1, 0.15) is 6.20 Å². The van der Waals surface area contributed by atoms with Crippen molar-refractivity contribution in [3.63, 3.8) is 0 Å². The van der Waals surface area contributed by atoms with Crippen molar-refractivity contribution < 1.29 is 22.9 Å². The van der Waals surface area contributed by atoms with E-state index < -0.39 is 43.9 Å². The highest BCUT2D eigenvalue weighted by molar-refractivity contribution is 6.54. The van der Waals surface area contributed by atoms with Crippen molar-refractivity contribution in [2.75, 3.05) is 5.32 Å². The third-order valence-electron chi connectivity index (χ3n) is 2.89. The number of halogens is 6. The number of nitrogens with one attached hydrogen (secondary N) is 1. The van der Waals surface area contributed by atoms with Crippen LogP contribution in [0.15, 0.2) is 24.4 Å². The van der Waals surface area contributed by atoms with Crippen molar-refractivity contribution in [3.8, 4) is 5.69 Å². The summed E-state index contributed by atoms with van der Waals surface area (Å²) in [6, 6.07) is 2.30. The molecule has 13 heteroatoms. The number of alkyl halides is 5. The van der Waals surface area contributed by atoms with Gasteiger partial charge >= 0.3 is 11.9 Å². The summed E-state index contributed by atoms with van der Waals surface area (Å²) in [5.74, 6) is -1.45. The summed E-state index contributed by atoms with van der Waals surface area (Å²) in [5.41, 5.74) is -1.77. The van der Waals surface area contributed by atoms with Gasteiger partial charge in [0.2, 0.25) is 5.82 Å². The van der Waals surface area contributed by atoms with Gasteiger partial charge < -0.3 is 5.32 Å². The molecule has 1 N–H and O–H groups in total. The van der Waals surface area contributed by atoms with Crippen LogP contribution in [0.5, 0.6) is 0 Å². The summed E-state index contributed by atoms with van der Waals surface area (Å²) in [4.78, 5) is 20.3. The third kappa shape index (κ3) is 4.14. The van der Waals surface area contributed by atoms with E-state index >= 15 is 0 Å². The van der Waals surface area contributed by atoms with Gasteiger partial charge in [0.15, 0.2) is 4.84 Å². The fourth-order valence-electron chi connectivity index (χ4n) is 1.80. The summed E-state index contributed by atoms with van der Waals surface area (Å²) >= 11 is 16.6. The molecule has 0 aliphatic heterocycles. The van der Waals surface area contributed by atoms with E-state index in [1.807, 2.05) is 0 Å². The van der Waals surface area contributed by atoms with Gasteiger partial charge in [0, 0.05) is 0 Å². The largest absolute Gasteiger partial charge is 0.416 e. The standard InChI is InChI=1S/C12H6Cl3F3N4O3/c13-6-3-5(12(16,17)18)1-2-7(6)21-10(20-11(23)9(14)15)8(4-19-21)22(24)25/h1-4,9H,(H,20,23). The molecule has 0 atom stereocenters. The number of carbonyl (C=O) groups excluding carboxylic acids is 1. The first-order valence-corrected chi connectivity index (χ1v) is 7.46. The number of hydrogen-bond donors (Lipinski definition) is 1. The molecule has 0 spiro atoms. The van der Waals surface area contributed by atoms with Crippen LogP contribution in [0, 0.1) is 10.1 Å². The summed E-state index contributed by atoms with van der Waals surface area (Å²) in [6.45, 7) is 0. The molecule has 2 rings (SSSR count). The molecule has 134 valence electrons. The maximum atomic E-state index is 12.7. The Balaban J connectivity index is 2.56. The molecule has 0 unspecified atom stereocenters. The lowest BCUT2D eigenvalue weighted by Crippen LogP contribution is -2.21. The lowest BCUT2D eigenvalue weighted by atomic mass is 10.2. The molecule has 0 aliphatic carbocycles. The molecule has 0 radical (unpaired) electrons. The molecule has 1 amide bonds. The fourth-order valence-corrected chi connectivity index (χ4v) is 2.17. The van der Waals surface area contributed by atoms with Crippen molar-refractivity contribution in [3.05, 3.63) is 45.1 Å². The molecule has 0 saturated carbocycles. The first-order chi connectivity index (χ1) is 11.5. The van der Waals surface area contributed by atoms with Gasteiger partial charge in [0.25, 0.3) is 5.91 Å². The van der Waals surface area contributed by atoms with Gasteiger partial charge in [-0.25, -0.2) is 4.68 Å². The van der Waals surface area contributed by atoms with E-state index in [1.165, 1.54) is 0 Å². The van der Waals surface area contributed by atoms with Gasteiger partial charge in [-0.3, -0.25) is 14.9 Å². The smallest absolute Gasteiger partial charge is 0.302 e. The van der Waals surface area contributed by atoms with Gasteiger partial charge in [-0.1, -0.05) is 34.8 Å². The molecular formula is C12H6Cl3F3N4O3. The SMILES string of the molecule is O=C(Nc1c([N+](=O)[O-])cnn1-c1ccc(C(F)(F)F)cc1Cl)C(Cl)Cl. The fraction of sp³-hybridized carbons (Fsp3) is 0.167. The highest BCUT2D eigenvalue weighted by atomic mass is 35.5. The first kappa shape index (κ1) is 19.3. The Hall–Kier alpha value is -2.04. The summed E-state index contributed by atoms with van der Waals surface area (Å²) in [5, 5.41) is 16.4. The van der Waals surface area contributed by atoms with Crippen molar-refractivity contribution in [2.45, 2.75) is 11.0 Å². The van der Waals surface area contributed by atoms with Crippen LogP contribution in [0.3, 0.4) is 0 Å². The number of carbonyl (C=O) groups is 1. The van der Waals surface area contributed by atoms with E-state index in [4.69, 9.17) is 34.8 Å². The van der Waals surface area contributed by atoms with Gasteiger partial charge in [-0.05, 0) is 18.2 Å². The maximum absolute atomic E-state index is 12.7. The second-order valence-corrected chi connectivity index (χ2v) is 6.00. The van der Waals surface area contributed by atoms with Crippen LogP contribution < -0.4 is 5.32 Å². The Morgan fingerprint density at radius 1 is 1.36 bits per heavy atom. The van der Waals surface area contributed by atoms with Crippen molar-refractivity contribution in [1.82, 2.24) is 9.78 Å². The monoisotopic (exact) mass is 416 g/mol. The van der Waals surface area contributed by atoms with E-state index in [9.17, 15) is 28.1 Å². The number of hydrogen-bond acceptors (Lipinski definition) is 4. The van der Waals surface area contributed by atoms with Crippen LogP contribution in [0.25, 0.3) is 5.69 Å². The Bertz CT molecular complexity index is 839. The maximum Gasteiger partial charge on any atom is 0.416 e. The quantitative estimate of drug-likeness (QED) is 0.459. The Labute approximate surface area is 152 Å². The minimum Gasteiger partial charge on any atom is -0.302 e. The van der Waals surface area contributed by atoms with E-state index in [0.717, 1.165) is 16.9 Å². The number of amides is 1. The number of nitro groups is 1. The molecule has 0 aliphatic rings. The third-order valence-corrected chi connectivity index (χ3v) is 3.59. The minimum absolute atomic E-state index is 0.126. The lowest BCUT2D eigenvalue weighted by Gasteiger charge is -2.12. The Kier molecular flexibility index (Phi) is 5.45. The van der Waals surface area contributed by atoms with Crippen LogP contribution in [0.1, 0.15) is 5.56 Å². The highest BCUT2D eigenvalue weighted by Crippen LogP contribution is 2.35. The average molecular weight is 418 g/mol. The van der Waals surface area contributed by atoms with Crippen molar-refractivity contribution in [2.24, 2.45) is 0 Å². The molecule has 1 aromatic heterocycles. The molecule has 0 bridgehead atoms. The topological polar surface area (TPSA) is 90.1 Å². The molecular weight excluding hydrogens is 412 g/mol. The number of benzene rings is 1. The molecule has 7 nitrogen and oxygen atoms in total. The zero-order valence-electron chi connectivity index (χ0n) is 11.7. The predicted octanol–water partition coefficient (Wildman–Crippen LogP) is 4.19. The van der Waals surface area contributed by atoms with Gasteiger partial charge in [-0.2, -0.15) is 18.3 Å². The summed E-state index contributed by atoms with van der Waals surface area (Å²) in [6.07, 6.45) is -3.83. The molecule has 2 aromatic rings. The second-order valence-electron chi connectivity index (χ2n) is 4.50. The molecule has 1 aromatic carbocycles. The van der Waals surface area contributed by atoms with Gasteiger partial charge in [0.05, 0.1) is 21.2 Å². The van der Waals surface area contributed by atoms with Crippen LogP contribution in [-0.2, 0) is 11.0 Å². The zero-order chi connectivity index (χ0) is 18.9. The van der Waals surface area contributed by atoms with Crippen molar-refractivity contribution in [1.29, 1.82) is 0 Å². The number of anilines is 1. The van der Waals surface area contributed by atoms with Crippen LogP contribution >= 0.6 is 34.8 Å². The normalized spacial score (nSPS) is 11.6. The predicted molar refractivity (Wildman–Crippen MR) is 84.4 cm³/mol.